The van der Waals surface area contributed by atoms with Gasteiger partial charge in [-0.05, 0) is 14.1 Å². The van der Waals surface area contributed by atoms with E-state index < -0.39 is 0 Å². The fourth-order valence-electron chi connectivity index (χ4n) is 2.40. The quantitative estimate of drug-likeness (QED) is 0.800. The summed E-state index contributed by atoms with van der Waals surface area (Å²) >= 11 is 0. The van der Waals surface area contributed by atoms with Crippen LogP contribution in [0, 0.1) is 0 Å². The van der Waals surface area contributed by atoms with Crippen molar-refractivity contribution in [1.29, 1.82) is 0 Å². The van der Waals surface area contributed by atoms with Crippen LogP contribution in [0.1, 0.15) is 35.1 Å². The molecule has 0 unspecified atom stereocenters. The van der Waals surface area contributed by atoms with Crippen LogP contribution in [0.2, 0.25) is 0 Å². The molecule has 0 atom stereocenters. The Morgan fingerprint density at radius 2 is 2.19 bits per heavy atom. The Balaban J connectivity index is 2.05. The SMILES string of the molecule is CCC(=O)N1CCc2[nH]nc(C(=O)NCCN(C)C)c2C1. The van der Waals surface area contributed by atoms with Crippen LogP contribution in [0.15, 0.2) is 0 Å². The Hall–Kier alpha value is -1.89. The second-order valence-electron chi connectivity index (χ2n) is 5.51. The third kappa shape index (κ3) is 3.60. The lowest BCUT2D eigenvalue weighted by molar-refractivity contribution is -0.131. The fraction of sp³-hybridized carbons (Fsp3) is 0.643. The first-order valence-corrected chi connectivity index (χ1v) is 7.29. The van der Waals surface area contributed by atoms with Gasteiger partial charge in [0.15, 0.2) is 5.69 Å². The molecule has 0 aromatic carbocycles. The Bertz CT molecular complexity index is 523. The van der Waals surface area contributed by atoms with Gasteiger partial charge in [0.05, 0.1) is 0 Å². The maximum Gasteiger partial charge on any atom is 0.272 e. The van der Waals surface area contributed by atoms with Crippen LogP contribution < -0.4 is 5.32 Å². The summed E-state index contributed by atoms with van der Waals surface area (Å²) in [6, 6.07) is 0. The second-order valence-corrected chi connectivity index (χ2v) is 5.51. The Kier molecular flexibility index (Phi) is 4.95. The normalized spacial score (nSPS) is 14.2. The van der Waals surface area contributed by atoms with Crippen molar-refractivity contribution in [2.45, 2.75) is 26.3 Å². The van der Waals surface area contributed by atoms with Gasteiger partial charge in [0, 0.05) is 50.3 Å². The standard InChI is InChI=1S/C14H23N5O2/c1-4-12(20)19-7-5-11-10(9-19)13(17-16-11)14(21)15-6-8-18(2)3/h4-9H2,1-3H3,(H,15,21)(H,16,17). The summed E-state index contributed by atoms with van der Waals surface area (Å²) in [7, 11) is 3.91. The number of H-pyrrole nitrogens is 1. The number of likely N-dealkylation sites (N-methyl/N-ethyl adjacent to an activating group) is 1. The first kappa shape index (κ1) is 15.5. The fourth-order valence-corrected chi connectivity index (χ4v) is 2.40. The van der Waals surface area contributed by atoms with E-state index in [0.717, 1.165) is 24.2 Å². The van der Waals surface area contributed by atoms with E-state index in [9.17, 15) is 9.59 Å². The van der Waals surface area contributed by atoms with Gasteiger partial charge in [-0.1, -0.05) is 6.92 Å². The van der Waals surface area contributed by atoms with Gasteiger partial charge < -0.3 is 15.1 Å². The zero-order valence-corrected chi connectivity index (χ0v) is 12.9. The van der Waals surface area contributed by atoms with E-state index in [0.29, 0.717) is 31.7 Å². The lowest BCUT2D eigenvalue weighted by atomic mass is 10.0. The minimum atomic E-state index is -0.180. The van der Waals surface area contributed by atoms with Crippen LogP contribution in [-0.2, 0) is 17.8 Å². The van der Waals surface area contributed by atoms with Crippen LogP contribution in [0.4, 0.5) is 0 Å². The number of carbonyl (C=O) groups is 2. The van der Waals surface area contributed by atoms with Crippen molar-refractivity contribution >= 4 is 11.8 Å². The maximum absolute atomic E-state index is 12.2. The molecule has 2 heterocycles. The summed E-state index contributed by atoms with van der Waals surface area (Å²) in [5.74, 6) is -0.0686. The van der Waals surface area contributed by atoms with Crippen LogP contribution >= 0.6 is 0 Å². The van der Waals surface area contributed by atoms with Gasteiger partial charge in [-0.15, -0.1) is 0 Å². The van der Waals surface area contributed by atoms with Crippen molar-refractivity contribution in [3.05, 3.63) is 17.0 Å². The average molecular weight is 293 g/mol. The highest BCUT2D eigenvalue weighted by Gasteiger charge is 2.26. The summed E-state index contributed by atoms with van der Waals surface area (Å²) in [4.78, 5) is 27.8. The van der Waals surface area contributed by atoms with Gasteiger partial charge >= 0.3 is 0 Å². The molecule has 21 heavy (non-hydrogen) atoms. The number of aromatic amines is 1. The average Bonchev–Trinajstić information content (AvgIpc) is 2.88. The molecule has 116 valence electrons. The molecule has 1 aliphatic heterocycles. The van der Waals surface area contributed by atoms with Gasteiger partial charge in [0.25, 0.3) is 5.91 Å². The number of rotatable bonds is 5. The molecular formula is C14H23N5O2. The Morgan fingerprint density at radius 1 is 1.43 bits per heavy atom. The zero-order chi connectivity index (χ0) is 15.4. The number of hydrogen-bond acceptors (Lipinski definition) is 4. The molecule has 2 rings (SSSR count). The van der Waals surface area contributed by atoms with Gasteiger partial charge in [0.2, 0.25) is 5.91 Å². The molecule has 1 aliphatic rings. The molecule has 1 aromatic rings. The van der Waals surface area contributed by atoms with Crippen LogP contribution in [0.5, 0.6) is 0 Å². The van der Waals surface area contributed by atoms with Crippen molar-refractivity contribution < 1.29 is 9.59 Å². The van der Waals surface area contributed by atoms with E-state index in [1.54, 1.807) is 4.90 Å². The van der Waals surface area contributed by atoms with Crippen LogP contribution in [0.3, 0.4) is 0 Å². The van der Waals surface area contributed by atoms with E-state index in [1.165, 1.54) is 0 Å². The highest BCUT2D eigenvalue weighted by molar-refractivity contribution is 5.94. The molecule has 7 heteroatoms. The highest BCUT2D eigenvalue weighted by Crippen LogP contribution is 2.20. The van der Waals surface area contributed by atoms with Crippen molar-refractivity contribution in [3.63, 3.8) is 0 Å². The van der Waals surface area contributed by atoms with E-state index in [1.807, 2.05) is 25.9 Å². The van der Waals surface area contributed by atoms with Gasteiger partial charge in [-0.2, -0.15) is 5.10 Å². The Labute approximate surface area is 124 Å². The van der Waals surface area contributed by atoms with E-state index in [4.69, 9.17) is 0 Å². The first-order valence-electron chi connectivity index (χ1n) is 7.29. The number of nitrogens with one attached hydrogen (secondary N) is 2. The molecule has 0 bridgehead atoms. The predicted octanol–water partition coefficient (Wildman–Crippen LogP) is -0.00420. The van der Waals surface area contributed by atoms with Crippen molar-refractivity contribution in [2.75, 3.05) is 33.7 Å². The van der Waals surface area contributed by atoms with Crippen LogP contribution in [0.25, 0.3) is 0 Å². The lowest BCUT2D eigenvalue weighted by Gasteiger charge is -2.26. The van der Waals surface area contributed by atoms with E-state index >= 15 is 0 Å². The largest absolute Gasteiger partial charge is 0.349 e. The molecule has 0 saturated heterocycles. The molecule has 0 aliphatic carbocycles. The monoisotopic (exact) mass is 293 g/mol. The van der Waals surface area contributed by atoms with E-state index in [2.05, 4.69) is 15.5 Å². The molecule has 1 aromatic heterocycles. The topological polar surface area (TPSA) is 81.3 Å². The summed E-state index contributed by atoms with van der Waals surface area (Å²) in [6.07, 6.45) is 1.20. The summed E-state index contributed by atoms with van der Waals surface area (Å²) in [6.45, 7) is 4.35. The number of fused-ring (bicyclic) bond motifs is 1. The molecule has 2 amide bonds. The summed E-state index contributed by atoms with van der Waals surface area (Å²) in [5.41, 5.74) is 2.23. The Morgan fingerprint density at radius 3 is 2.86 bits per heavy atom. The van der Waals surface area contributed by atoms with Crippen molar-refractivity contribution in [2.24, 2.45) is 0 Å². The first-order chi connectivity index (χ1) is 10.0. The van der Waals surface area contributed by atoms with Crippen molar-refractivity contribution in [3.8, 4) is 0 Å². The number of aromatic nitrogens is 2. The third-order valence-electron chi connectivity index (χ3n) is 3.65. The van der Waals surface area contributed by atoms with Gasteiger partial charge in [-0.3, -0.25) is 14.7 Å². The van der Waals surface area contributed by atoms with Gasteiger partial charge in [0.1, 0.15) is 0 Å². The molecule has 7 nitrogen and oxygen atoms in total. The summed E-state index contributed by atoms with van der Waals surface area (Å²) < 4.78 is 0. The molecule has 0 radical (unpaired) electrons. The second kappa shape index (κ2) is 6.71. The summed E-state index contributed by atoms with van der Waals surface area (Å²) in [5, 5.41) is 9.91. The lowest BCUT2D eigenvalue weighted by Crippen LogP contribution is -2.37. The minimum Gasteiger partial charge on any atom is -0.349 e. The smallest absolute Gasteiger partial charge is 0.272 e. The van der Waals surface area contributed by atoms with Crippen molar-refractivity contribution in [1.82, 2.24) is 25.3 Å². The minimum absolute atomic E-state index is 0.112. The van der Waals surface area contributed by atoms with Crippen LogP contribution in [-0.4, -0.2) is 65.5 Å². The highest BCUT2D eigenvalue weighted by atomic mass is 16.2. The molecule has 0 saturated carbocycles. The number of carbonyl (C=O) groups excluding carboxylic acids is 2. The molecule has 2 N–H and O–H groups in total. The van der Waals surface area contributed by atoms with E-state index in [-0.39, 0.29) is 11.8 Å². The van der Waals surface area contributed by atoms with Gasteiger partial charge in [-0.25, -0.2) is 0 Å². The molecule has 0 fully saturated rings. The number of nitrogens with zero attached hydrogens (tertiary/aromatic N) is 3. The zero-order valence-electron chi connectivity index (χ0n) is 12.9. The maximum atomic E-state index is 12.2. The number of amides is 2. The predicted molar refractivity (Wildman–Crippen MR) is 78.9 cm³/mol. The molecular weight excluding hydrogens is 270 g/mol. The molecule has 0 spiro atoms. The third-order valence-corrected chi connectivity index (χ3v) is 3.65. The number of hydrogen-bond donors (Lipinski definition) is 2.